The van der Waals surface area contributed by atoms with Crippen LogP contribution in [0.15, 0.2) is 24.3 Å². The second-order valence-corrected chi connectivity index (χ2v) is 5.39. The Morgan fingerprint density at radius 2 is 2.33 bits per heavy atom. The number of hydrogen-bond acceptors (Lipinski definition) is 3. The lowest BCUT2D eigenvalue weighted by Gasteiger charge is -2.28. The van der Waals surface area contributed by atoms with Crippen molar-refractivity contribution in [3.63, 3.8) is 0 Å². The van der Waals surface area contributed by atoms with Crippen LogP contribution in [0.1, 0.15) is 29.9 Å². The van der Waals surface area contributed by atoms with Crippen LogP contribution >= 0.6 is 0 Å². The molecule has 1 aliphatic carbocycles. The molecular weight excluding hydrogens is 268 g/mol. The molecule has 3 atom stereocenters. The van der Waals surface area contributed by atoms with Gasteiger partial charge in [-0.15, -0.1) is 0 Å². The number of carboxylic acid groups (broad SMARTS) is 1. The SMILES string of the molecule is COCCC(CC#N)[C@@H]1c2ccccc2C[C@H]1NC(=O)O. The van der Waals surface area contributed by atoms with Crippen molar-refractivity contribution >= 4 is 6.09 Å². The van der Waals surface area contributed by atoms with Crippen molar-refractivity contribution < 1.29 is 14.6 Å². The highest BCUT2D eigenvalue weighted by Crippen LogP contribution is 2.41. The van der Waals surface area contributed by atoms with E-state index in [-0.39, 0.29) is 17.9 Å². The fourth-order valence-corrected chi connectivity index (χ4v) is 3.30. The average Bonchev–Trinajstić information content (AvgIpc) is 2.80. The highest BCUT2D eigenvalue weighted by Gasteiger charge is 2.38. The van der Waals surface area contributed by atoms with E-state index in [1.54, 1.807) is 7.11 Å². The van der Waals surface area contributed by atoms with Crippen LogP contribution in [0, 0.1) is 17.2 Å². The number of nitriles is 1. The number of methoxy groups -OCH3 is 1. The van der Waals surface area contributed by atoms with Crippen molar-refractivity contribution in [1.82, 2.24) is 5.32 Å². The van der Waals surface area contributed by atoms with Gasteiger partial charge in [0.25, 0.3) is 0 Å². The van der Waals surface area contributed by atoms with E-state index >= 15 is 0 Å². The normalized spacial score (nSPS) is 21.3. The van der Waals surface area contributed by atoms with Gasteiger partial charge in [0.15, 0.2) is 0 Å². The summed E-state index contributed by atoms with van der Waals surface area (Å²) in [6.07, 6.45) is 0.823. The third kappa shape index (κ3) is 3.53. The topological polar surface area (TPSA) is 82.3 Å². The van der Waals surface area contributed by atoms with Crippen molar-refractivity contribution in [2.45, 2.75) is 31.2 Å². The summed E-state index contributed by atoms with van der Waals surface area (Å²) < 4.78 is 5.14. The summed E-state index contributed by atoms with van der Waals surface area (Å²) in [4.78, 5) is 11.0. The third-order valence-electron chi connectivity index (χ3n) is 4.15. The molecule has 0 bridgehead atoms. The molecule has 1 aliphatic rings. The third-order valence-corrected chi connectivity index (χ3v) is 4.15. The van der Waals surface area contributed by atoms with Gasteiger partial charge in [-0.2, -0.15) is 5.26 Å². The largest absolute Gasteiger partial charge is 0.465 e. The van der Waals surface area contributed by atoms with Crippen LogP contribution in [0.25, 0.3) is 0 Å². The molecule has 0 heterocycles. The molecule has 0 saturated heterocycles. The molecule has 1 unspecified atom stereocenters. The number of ether oxygens (including phenoxy) is 1. The van der Waals surface area contributed by atoms with E-state index in [1.807, 2.05) is 24.3 Å². The molecule has 1 amide bonds. The molecule has 0 spiro atoms. The second-order valence-electron chi connectivity index (χ2n) is 5.39. The Morgan fingerprint density at radius 1 is 1.57 bits per heavy atom. The molecule has 112 valence electrons. The van der Waals surface area contributed by atoms with Crippen LogP contribution in [0.2, 0.25) is 0 Å². The first-order valence-corrected chi connectivity index (χ1v) is 7.10. The Morgan fingerprint density at radius 3 is 3.00 bits per heavy atom. The Hall–Kier alpha value is -2.06. The zero-order chi connectivity index (χ0) is 15.2. The lowest BCUT2D eigenvalue weighted by atomic mass is 9.81. The highest BCUT2D eigenvalue weighted by molar-refractivity contribution is 5.65. The van der Waals surface area contributed by atoms with Crippen LogP contribution in [-0.4, -0.2) is 31.0 Å². The fourth-order valence-electron chi connectivity index (χ4n) is 3.30. The van der Waals surface area contributed by atoms with Gasteiger partial charge in [-0.05, 0) is 29.9 Å². The summed E-state index contributed by atoms with van der Waals surface area (Å²) in [5.41, 5.74) is 2.33. The minimum Gasteiger partial charge on any atom is -0.465 e. The van der Waals surface area contributed by atoms with E-state index in [0.29, 0.717) is 19.4 Å². The van der Waals surface area contributed by atoms with E-state index in [1.165, 1.54) is 5.56 Å². The maximum atomic E-state index is 11.0. The molecule has 0 aromatic heterocycles. The van der Waals surface area contributed by atoms with Crippen molar-refractivity contribution in [3.8, 4) is 6.07 Å². The van der Waals surface area contributed by atoms with Crippen LogP contribution in [0.3, 0.4) is 0 Å². The number of nitrogens with one attached hydrogen (secondary N) is 1. The van der Waals surface area contributed by atoms with Gasteiger partial charge in [0.05, 0.1) is 6.07 Å². The summed E-state index contributed by atoms with van der Waals surface area (Å²) in [7, 11) is 1.64. The number of carbonyl (C=O) groups is 1. The summed E-state index contributed by atoms with van der Waals surface area (Å²) in [5.74, 6) is 0.127. The summed E-state index contributed by atoms with van der Waals surface area (Å²) in [5, 5.41) is 20.8. The predicted octanol–water partition coefficient (Wildman–Crippen LogP) is 2.53. The number of rotatable bonds is 6. The van der Waals surface area contributed by atoms with Gasteiger partial charge in [0.1, 0.15) is 0 Å². The Labute approximate surface area is 124 Å². The van der Waals surface area contributed by atoms with E-state index in [2.05, 4.69) is 11.4 Å². The zero-order valence-electron chi connectivity index (χ0n) is 12.1. The van der Waals surface area contributed by atoms with Crippen LogP contribution in [0.5, 0.6) is 0 Å². The van der Waals surface area contributed by atoms with Gasteiger partial charge in [-0.1, -0.05) is 24.3 Å². The predicted molar refractivity (Wildman–Crippen MR) is 78.0 cm³/mol. The first-order valence-electron chi connectivity index (χ1n) is 7.10. The number of fused-ring (bicyclic) bond motifs is 1. The molecule has 0 saturated carbocycles. The van der Waals surface area contributed by atoms with Crippen molar-refractivity contribution in [1.29, 1.82) is 5.26 Å². The van der Waals surface area contributed by atoms with E-state index in [9.17, 15) is 4.79 Å². The smallest absolute Gasteiger partial charge is 0.404 e. The zero-order valence-corrected chi connectivity index (χ0v) is 12.1. The second kappa shape index (κ2) is 7.09. The van der Waals surface area contributed by atoms with Crippen LogP contribution in [-0.2, 0) is 11.2 Å². The minimum absolute atomic E-state index is 0.0344. The first kappa shape index (κ1) is 15.3. The Kier molecular flexibility index (Phi) is 5.18. The van der Waals surface area contributed by atoms with E-state index < -0.39 is 6.09 Å². The van der Waals surface area contributed by atoms with E-state index in [0.717, 1.165) is 12.0 Å². The molecule has 1 aromatic rings. The first-order chi connectivity index (χ1) is 10.2. The Balaban J connectivity index is 2.28. The molecule has 1 aromatic carbocycles. The van der Waals surface area contributed by atoms with Crippen LogP contribution in [0.4, 0.5) is 4.79 Å². The molecule has 0 aliphatic heterocycles. The number of hydrogen-bond donors (Lipinski definition) is 2. The van der Waals surface area contributed by atoms with Gasteiger partial charge >= 0.3 is 6.09 Å². The maximum Gasteiger partial charge on any atom is 0.404 e. The van der Waals surface area contributed by atoms with Crippen molar-refractivity contribution in [2.75, 3.05) is 13.7 Å². The number of amides is 1. The molecule has 21 heavy (non-hydrogen) atoms. The molecule has 0 radical (unpaired) electrons. The minimum atomic E-state index is -1.01. The monoisotopic (exact) mass is 288 g/mol. The lowest BCUT2D eigenvalue weighted by molar-refractivity contribution is 0.162. The van der Waals surface area contributed by atoms with Gasteiger partial charge in [-0.3, -0.25) is 0 Å². The lowest BCUT2D eigenvalue weighted by Crippen LogP contribution is -2.39. The average molecular weight is 288 g/mol. The van der Waals surface area contributed by atoms with Gasteiger partial charge < -0.3 is 15.2 Å². The molecule has 2 rings (SSSR count). The van der Waals surface area contributed by atoms with Gasteiger partial charge in [0.2, 0.25) is 0 Å². The summed E-state index contributed by atoms with van der Waals surface area (Å²) in [6, 6.07) is 10.1. The van der Waals surface area contributed by atoms with Crippen LogP contribution < -0.4 is 5.32 Å². The highest BCUT2D eigenvalue weighted by atomic mass is 16.5. The summed E-state index contributed by atoms with van der Waals surface area (Å²) >= 11 is 0. The molecular formula is C16H20N2O3. The molecule has 2 N–H and O–H groups in total. The molecule has 5 nitrogen and oxygen atoms in total. The fraction of sp³-hybridized carbons (Fsp3) is 0.500. The molecule has 5 heteroatoms. The van der Waals surface area contributed by atoms with Gasteiger partial charge in [0, 0.05) is 32.1 Å². The number of nitrogens with zero attached hydrogens (tertiary/aromatic N) is 1. The standard InChI is InChI=1S/C16H20N2O3/c1-21-9-7-11(6-8-17)15-13-5-3-2-4-12(13)10-14(15)18-16(19)20/h2-5,11,14-15,18H,6-7,9-10H2,1H3,(H,19,20)/t11?,14-,15-/m1/s1. The quantitative estimate of drug-likeness (QED) is 0.842. The number of benzene rings is 1. The summed E-state index contributed by atoms with van der Waals surface area (Å²) in [6.45, 7) is 0.574. The Bertz CT molecular complexity index is 539. The van der Waals surface area contributed by atoms with Crippen molar-refractivity contribution in [3.05, 3.63) is 35.4 Å². The van der Waals surface area contributed by atoms with Crippen molar-refractivity contribution in [2.24, 2.45) is 5.92 Å². The maximum absolute atomic E-state index is 11.0. The molecule has 0 fully saturated rings. The van der Waals surface area contributed by atoms with E-state index in [4.69, 9.17) is 15.1 Å². The van der Waals surface area contributed by atoms with Gasteiger partial charge in [-0.25, -0.2) is 4.79 Å².